The van der Waals surface area contributed by atoms with E-state index in [0.717, 1.165) is 19.1 Å². The first-order chi connectivity index (χ1) is 16.1. The molecule has 2 N–H and O–H groups in total. The van der Waals surface area contributed by atoms with E-state index in [1.54, 1.807) is 18.2 Å². The molecule has 0 aromatic heterocycles. The van der Waals surface area contributed by atoms with Gasteiger partial charge in [0.25, 0.3) is 10.1 Å². The summed E-state index contributed by atoms with van der Waals surface area (Å²) in [6.07, 6.45) is 0.259. The Bertz CT molecular complexity index is 980. The third-order valence-corrected chi connectivity index (χ3v) is 6.19. The Kier molecular flexibility index (Phi) is 8.57. The molecule has 0 unspecified atom stereocenters. The molecule has 0 spiro atoms. The fraction of sp³-hybridized carbons (Fsp3) is 0.619. The van der Waals surface area contributed by atoms with E-state index in [0.29, 0.717) is 30.1 Å². The number of nitrogens with zero attached hydrogens (tertiary/aromatic N) is 1. The number of carbonyl (C=O) groups excluding carboxylic acids is 1. The van der Waals surface area contributed by atoms with E-state index < -0.39 is 53.2 Å². The minimum Gasteiger partial charge on any atom is -0.493 e. The number of likely N-dealkylation sites (tertiary alicyclic amines) is 1. The van der Waals surface area contributed by atoms with Gasteiger partial charge in [-0.05, 0) is 37.0 Å². The number of β-lactam (4-membered cyclic amide) rings is 1. The van der Waals surface area contributed by atoms with Crippen molar-refractivity contribution in [2.24, 2.45) is 0 Å². The molecule has 0 aliphatic carbocycles. The number of nitrogens with one attached hydrogen (secondary N) is 1. The maximum absolute atomic E-state index is 12.9. The van der Waals surface area contributed by atoms with Gasteiger partial charge in [-0.2, -0.15) is 8.42 Å². The first-order valence-corrected chi connectivity index (χ1v) is 12.6. The Labute approximate surface area is 198 Å². The van der Waals surface area contributed by atoms with Crippen molar-refractivity contribution >= 4 is 22.1 Å². The smallest absolute Gasteiger partial charge is 0.405 e. The summed E-state index contributed by atoms with van der Waals surface area (Å²) < 4.78 is 50.5. The fourth-order valence-corrected chi connectivity index (χ4v) is 4.43. The van der Waals surface area contributed by atoms with Crippen molar-refractivity contribution in [2.45, 2.75) is 50.3 Å². The summed E-state index contributed by atoms with van der Waals surface area (Å²) in [5, 5.41) is 11.4. The second-order valence-corrected chi connectivity index (χ2v) is 9.68. The Hall–Kier alpha value is -2.61. The first-order valence-electron chi connectivity index (χ1n) is 10.7. The molecule has 2 aliphatic heterocycles. The molecule has 2 aliphatic rings. The highest BCUT2D eigenvalue weighted by atomic mass is 32.2. The van der Waals surface area contributed by atoms with Crippen LogP contribution < -0.4 is 14.8 Å². The lowest BCUT2D eigenvalue weighted by Gasteiger charge is -2.50. The lowest BCUT2D eigenvalue weighted by molar-refractivity contribution is -0.219. The Balaban J connectivity index is 1.87. The molecule has 0 radical (unpaired) electrons. The zero-order valence-corrected chi connectivity index (χ0v) is 20.1. The van der Waals surface area contributed by atoms with Crippen LogP contribution in [0.15, 0.2) is 18.2 Å². The van der Waals surface area contributed by atoms with E-state index in [1.807, 2.05) is 0 Å². The number of hydrogen-bond donors (Lipinski definition) is 2. The van der Waals surface area contributed by atoms with E-state index in [4.69, 9.17) is 23.1 Å². The molecule has 4 atom stereocenters. The molecule has 12 nitrogen and oxygen atoms in total. The van der Waals surface area contributed by atoms with Crippen LogP contribution in [0.2, 0.25) is 0 Å². The summed E-state index contributed by atoms with van der Waals surface area (Å²) in [4.78, 5) is 25.6. The van der Waals surface area contributed by atoms with Crippen molar-refractivity contribution in [1.29, 1.82) is 0 Å². The van der Waals surface area contributed by atoms with Crippen LogP contribution in [0, 0.1) is 0 Å². The Morgan fingerprint density at radius 1 is 1.26 bits per heavy atom. The Morgan fingerprint density at radius 3 is 2.59 bits per heavy atom. The zero-order valence-electron chi connectivity index (χ0n) is 19.3. The maximum Gasteiger partial charge on any atom is 0.405 e. The largest absolute Gasteiger partial charge is 0.493 e. The Morgan fingerprint density at radius 2 is 2.00 bits per heavy atom. The van der Waals surface area contributed by atoms with E-state index in [1.165, 1.54) is 19.1 Å². The molecule has 1 aromatic rings. The van der Waals surface area contributed by atoms with Gasteiger partial charge in [-0.3, -0.25) is 8.98 Å². The van der Waals surface area contributed by atoms with Crippen molar-refractivity contribution in [3.8, 4) is 11.5 Å². The standard InChI is InChI=1S/C21H30N2O10S/c1-29-14-8-7-13(10-15(14)30-2)11-23-19(18(20(23)24)22-21(25)26)16(12-32-34(3,27)28)33-17-6-4-5-9-31-17/h7-8,10,16-19,22H,4-6,9,11-12H2,1-3H3,(H,25,26)/t16-,17+,18-,19+/m0/s1. The fourth-order valence-electron chi connectivity index (χ4n) is 4.05. The van der Waals surface area contributed by atoms with Crippen LogP contribution in [0.5, 0.6) is 11.5 Å². The minimum absolute atomic E-state index is 0.103. The molecule has 2 heterocycles. The summed E-state index contributed by atoms with van der Waals surface area (Å²) in [6.45, 7) is 0.183. The van der Waals surface area contributed by atoms with E-state index >= 15 is 0 Å². The summed E-state index contributed by atoms with van der Waals surface area (Å²) in [6, 6.07) is 3.18. The average Bonchev–Trinajstić information content (AvgIpc) is 2.80. The van der Waals surface area contributed by atoms with Crippen LogP contribution >= 0.6 is 0 Å². The summed E-state index contributed by atoms with van der Waals surface area (Å²) >= 11 is 0. The number of methoxy groups -OCH3 is 2. The van der Waals surface area contributed by atoms with Gasteiger partial charge in [-0.1, -0.05) is 6.07 Å². The van der Waals surface area contributed by atoms with Crippen LogP contribution in [0.25, 0.3) is 0 Å². The van der Waals surface area contributed by atoms with E-state index in [9.17, 15) is 23.1 Å². The molecular formula is C21H30N2O10S. The number of carbonyl (C=O) groups is 2. The summed E-state index contributed by atoms with van der Waals surface area (Å²) in [5.74, 6) is 0.508. The number of benzene rings is 1. The molecule has 1 aromatic carbocycles. The second-order valence-electron chi connectivity index (χ2n) is 8.03. The van der Waals surface area contributed by atoms with Crippen molar-refractivity contribution in [2.75, 3.05) is 33.7 Å². The number of carboxylic acid groups (broad SMARTS) is 1. The molecule has 0 bridgehead atoms. The summed E-state index contributed by atoms with van der Waals surface area (Å²) in [7, 11) is -0.822. The lowest BCUT2D eigenvalue weighted by atomic mass is 9.89. The van der Waals surface area contributed by atoms with Gasteiger partial charge in [0.15, 0.2) is 17.8 Å². The average molecular weight is 503 g/mol. The highest BCUT2D eigenvalue weighted by Gasteiger charge is 2.53. The molecule has 2 fully saturated rings. The van der Waals surface area contributed by atoms with E-state index in [2.05, 4.69) is 5.32 Å². The van der Waals surface area contributed by atoms with Gasteiger partial charge in [-0.25, -0.2) is 4.79 Å². The highest BCUT2D eigenvalue weighted by Crippen LogP contribution is 2.33. The van der Waals surface area contributed by atoms with Gasteiger partial charge < -0.3 is 34.3 Å². The maximum atomic E-state index is 12.9. The number of rotatable bonds is 11. The number of amides is 2. The van der Waals surface area contributed by atoms with Crippen molar-refractivity contribution in [3.63, 3.8) is 0 Å². The number of ether oxygens (including phenoxy) is 4. The van der Waals surface area contributed by atoms with Gasteiger partial charge >= 0.3 is 6.09 Å². The number of hydrogen-bond acceptors (Lipinski definition) is 9. The molecule has 2 saturated heterocycles. The summed E-state index contributed by atoms with van der Waals surface area (Å²) in [5.41, 5.74) is 0.696. The third-order valence-electron chi connectivity index (χ3n) is 5.62. The van der Waals surface area contributed by atoms with Crippen LogP contribution in [0.3, 0.4) is 0 Å². The van der Waals surface area contributed by atoms with E-state index in [-0.39, 0.29) is 6.54 Å². The van der Waals surface area contributed by atoms with Crippen LogP contribution in [0.4, 0.5) is 4.79 Å². The minimum atomic E-state index is -3.82. The molecule has 190 valence electrons. The van der Waals surface area contributed by atoms with Gasteiger partial charge in [0, 0.05) is 13.2 Å². The van der Waals surface area contributed by atoms with Crippen LogP contribution in [-0.2, 0) is 35.1 Å². The van der Waals surface area contributed by atoms with Crippen molar-refractivity contribution in [3.05, 3.63) is 23.8 Å². The topological polar surface area (TPSA) is 150 Å². The van der Waals surface area contributed by atoms with Gasteiger partial charge in [-0.15, -0.1) is 0 Å². The molecule has 13 heteroatoms. The normalized spacial score (nSPS) is 23.7. The predicted octanol–water partition coefficient (Wildman–Crippen LogP) is 0.939. The molecular weight excluding hydrogens is 472 g/mol. The SMILES string of the molecule is COc1ccc(CN2C(=O)[C@@H](NC(=O)O)[C@H]2[C@H](COS(C)(=O)=O)O[C@@H]2CCCCO2)cc1OC. The van der Waals surface area contributed by atoms with Gasteiger partial charge in [0.1, 0.15) is 12.1 Å². The molecule has 2 amide bonds. The van der Waals surface area contributed by atoms with Gasteiger partial charge in [0.2, 0.25) is 5.91 Å². The molecule has 34 heavy (non-hydrogen) atoms. The predicted molar refractivity (Wildman–Crippen MR) is 118 cm³/mol. The zero-order chi connectivity index (χ0) is 24.9. The van der Waals surface area contributed by atoms with Gasteiger partial charge in [0.05, 0.1) is 33.1 Å². The van der Waals surface area contributed by atoms with Crippen molar-refractivity contribution < 1.29 is 46.2 Å². The molecule has 0 saturated carbocycles. The first kappa shape index (κ1) is 26.0. The van der Waals surface area contributed by atoms with Crippen LogP contribution in [0.1, 0.15) is 24.8 Å². The quantitative estimate of drug-likeness (QED) is 0.330. The van der Waals surface area contributed by atoms with Crippen LogP contribution in [-0.4, -0.2) is 88.6 Å². The molecule has 3 rings (SSSR count). The third kappa shape index (κ3) is 6.50. The monoisotopic (exact) mass is 502 g/mol. The van der Waals surface area contributed by atoms with Crippen molar-refractivity contribution in [1.82, 2.24) is 10.2 Å². The lowest BCUT2D eigenvalue weighted by Crippen LogP contribution is -2.74. The highest BCUT2D eigenvalue weighted by molar-refractivity contribution is 7.85. The second kappa shape index (κ2) is 11.2.